The van der Waals surface area contributed by atoms with Crippen LogP contribution < -0.4 is 0 Å². The topological polar surface area (TPSA) is 12.9 Å². The fraction of sp³-hybridized carbons (Fsp3) is 0.0833. The van der Waals surface area contributed by atoms with E-state index in [1.807, 2.05) is 0 Å². The highest BCUT2D eigenvalue weighted by Gasteiger charge is 2.07. The van der Waals surface area contributed by atoms with Crippen molar-refractivity contribution in [1.82, 2.24) is 4.98 Å². The molecular weight excluding hydrogens is 248 g/mol. The van der Waals surface area contributed by atoms with Gasteiger partial charge in [0.2, 0.25) is 0 Å². The van der Waals surface area contributed by atoms with Gasteiger partial charge in [-0.1, -0.05) is 23.2 Å². The van der Waals surface area contributed by atoms with Crippen LogP contribution in [0.1, 0.15) is 5.69 Å². The van der Waals surface area contributed by atoms with Gasteiger partial charge in [-0.2, -0.15) is 0 Å². The molecule has 0 atom stereocenters. The summed E-state index contributed by atoms with van der Waals surface area (Å²) in [7, 11) is 0. The Bertz CT molecular complexity index is 520. The maximum Gasteiger partial charge on any atom is 0.127 e. The molecule has 1 aromatic heterocycles. The van der Waals surface area contributed by atoms with Gasteiger partial charge in [0.05, 0.1) is 10.7 Å². The van der Waals surface area contributed by atoms with Crippen molar-refractivity contribution < 1.29 is 4.39 Å². The van der Waals surface area contributed by atoms with E-state index in [0.717, 1.165) is 0 Å². The third kappa shape index (κ3) is 2.34. The molecule has 0 aliphatic carbocycles. The van der Waals surface area contributed by atoms with Gasteiger partial charge in [-0.25, -0.2) is 4.39 Å². The number of hydrogen-bond acceptors (Lipinski definition) is 1. The molecule has 82 valence electrons. The van der Waals surface area contributed by atoms with Gasteiger partial charge in [-0.05, 0) is 31.2 Å². The van der Waals surface area contributed by atoms with E-state index in [-0.39, 0.29) is 5.82 Å². The average molecular weight is 256 g/mol. The highest BCUT2D eigenvalue weighted by atomic mass is 35.5. The lowest BCUT2D eigenvalue weighted by atomic mass is 10.1. The number of pyridine rings is 1. The van der Waals surface area contributed by atoms with Gasteiger partial charge in [-0.15, -0.1) is 0 Å². The first-order valence-corrected chi connectivity index (χ1v) is 5.41. The van der Waals surface area contributed by atoms with Gasteiger partial charge < -0.3 is 0 Å². The first-order valence-electron chi connectivity index (χ1n) is 4.66. The minimum atomic E-state index is -0.325. The molecule has 0 aliphatic heterocycles. The Balaban J connectivity index is 2.58. The fourth-order valence-corrected chi connectivity index (χ4v) is 1.97. The van der Waals surface area contributed by atoms with Crippen LogP contribution in [0.25, 0.3) is 11.3 Å². The summed E-state index contributed by atoms with van der Waals surface area (Å²) < 4.78 is 13.2. The summed E-state index contributed by atoms with van der Waals surface area (Å²) in [5, 5.41) is 1.01. The van der Waals surface area contributed by atoms with Gasteiger partial charge in [0.25, 0.3) is 0 Å². The molecule has 0 bridgehead atoms. The molecule has 0 saturated heterocycles. The zero-order valence-electron chi connectivity index (χ0n) is 8.47. The van der Waals surface area contributed by atoms with Gasteiger partial charge in [0.1, 0.15) is 5.82 Å². The van der Waals surface area contributed by atoms with Crippen molar-refractivity contribution in [2.45, 2.75) is 6.92 Å². The molecule has 0 spiro atoms. The Morgan fingerprint density at radius 1 is 1.12 bits per heavy atom. The molecule has 16 heavy (non-hydrogen) atoms. The van der Waals surface area contributed by atoms with Gasteiger partial charge in [-0.3, -0.25) is 4.98 Å². The second kappa shape index (κ2) is 4.40. The Morgan fingerprint density at radius 3 is 2.50 bits per heavy atom. The fourth-order valence-electron chi connectivity index (χ4n) is 1.46. The van der Waals surface area contributed by atoms with E-state index in [9.17, 15) is 4.39 Å². The Hall–Kier alpha value is -1.12. The molecule has 1 nitrogen and oxygen atoms in total. The van der Waals surface area contributed by atoms with Crippen molar-refractivity contribution in [1.29, 1.82) is 0 Å². The lowest BCUT2D eigenvalue weighted by molar-refractivity contribution is 0.624. The average Bonchev–Trinajstić information content (AvgIpc) is 2.15. The number of halogens is 3. The minimum absolute atomic E-state index is 0.325. The zero-order chi connectivity index (χ0) is 11.7. The van der Waals surface area contributed by atoms with E-state index in [1.54, 1.807) is 25.1 Å². The van der Waals surface area contributed by atoms with E-state index in [1.165, 1.54) is 12.1 Å². The van der Waals surface area contributed by atoms with Crippen molar-refractivity contribution in [2.75, 3.05) is 0 Å². The normalized spacial score (nSPS) is 10.5. The van der Waals surface area contributed by atoms with Crippen LogP contribution in [-0.2, 0) is 0 Å². The summed E-state index contributed by atoms with van der Waals surface area (Å²) in [5.74, 6) is -0.325. The van der Waals surface area contributed by atoms with Crippen LogP contribution in [0.5, 0.6) is 0 Å². The summed E-state index contributed by atoms with van der Waals surface area (Å²) in [4.78, 5) is 4.23. The number of hydrogen-bond donors (Lipinski definition) is 0. The predicted molar refractivity (Wildman–Crippen MR) is 64.4 cm³/mol. The molecule has 0 N–H and O–H groups in total. The quantitative estimate of drug-likeness (QED) is 0.731. The molecule has 0 unspecified atom stereocenters. The van der Waals surface area contributed by atoms with E-state index >= 15 is 0 Å². The highest BCUT2D eigenvalue weighted by Crippen LogP contribution is 2.29. The van der Waals surface area contributed by atoms with Crippen LogP contribution in [-0.4, -0.2) is 4.98 Å². The number of rotatable bonds is 1. The first kappa shape index (κ1) is 11.4. The third-order valence-corrected chi connectivity index (χ3v) is 2.67. The Labute approximate surface area is 103 Å². The third-order valence-electron chi connectivity index (χ3n) is 2.13. The van der Waals surface area contributed by atoms with Crippen LogP contribution in [0.15, 0.2) is 30.3 Å². The Kier molecular flexibility index (Phi) is 3.13. The molecule has 0 fully saturated rings. The maximum atomic E-state index is 13.2. The van der Waals surface area contributed by atoms with Crippen molar-refractivity contribution in [3.8, 4) is 11.3 Å². The molecule has 0 amide bonds. The molecular formula is C12H8Cl2FN. The molecule has 4 heteroatoms. The molecule has 0 saturated carbocycles. The largest absolute Gasteiger partial charge is 0.253 e. The van der Waals surface area contributed by atoms with Crippen molar-refractivity contribution in [2.24, 2.45) is 0 Å². The van der Waals surface area contributed by atoms with E-state index in [2.05, 4.69) is 4.98 Å². The second-order valence-electron chi connectivity index (χ2n) is 3.44. The molecule has 1 aromatic carbocycles. The summed E-state index contributed by atoms with van der Waals surface area (Å²) >= 11 is 11.8. The minimum Gasteiger partial charge on any atom is -0.253 e. The van der Waals surface area contributed by atoms with Gasteiger partial charge in [0, 0.05) is 22.3 Å². The van der Waals surface area contributed by atoms with E-state index in [0.29, 0.717) is 27.0 Å². The van der Waals surface area contributed by atoms with E-state index < -0.39 is 0 Å². The van der Waals surface area contributed by atoms with Crippen LogP contribution in [0.3, 0.4) is 0 Å². The number of nitrogens with zero attached hydrogens (tertiary/aromatic N) is 1. The van der Waals surface area contributed by atoms with Crippen LogP contribution in [0, 0.1) is 12.7 Å². The molecule has 2 aromatic rings. The van der Waals surface area contributed by atoms with Crippen molar-refractivity contribution >= 4 is 23.2 Å². The zero-order valence-corrected chi connectivity index (χ0v) is 9.98. The first-order chi connectivity index (χ1) is 7.56. The monoisotopic (exact) mass is 255 g/mol. The Morgan fingerprint density at radius 2 is 1.88 bits per heavy atom. The molecule has 1 heterocycles. The highest BCUT2D eigenvalue weighted by molar-refractivity contribution is 6.36. The summed E-state index contributed by atoms with van der Waals surface area (Å²) in [6.45, 7) is 1.73. The maximum absolute atomic E-state index is 13.2. The van der Waals surface area contributed by atoms with Gasteiger partial charge >= 0.3 is 0 Å². The summed E-state index contributed by atoms with van der Waals surface area (Å²) in [5.41, 5.74) is 1.80. The van der Waals surface area contributed by atoms with E-state index in [4.69, 9.17) is 23.2 Å². The van der Waals surface area contributed by atoms with Crippen molar-refractivity contribution in [3.05, 3.63) is 51.9 Å². The summed E-state index contributed by atoms with van der Waals surface area (Å²) in [6, 6.07) is 7.76. The lowest BCUT2D eigenvalue weighted by Crippen LogP contribution is -1.90. The summed E-state index contributed by atoms with van der Waals surface area (Å²) in [6.07, 6.45) is 0. The van der Waals surface area contributed by atoms with Crippen LogP contribution in [0.4, 0.5) is 4.39 Å². The second-order valence-corrected chi connectivity index (χ2v) is 4.28. The predicted octanol–water partition coefficient (Wildman–Crippen LogP) is 4.50. The number of aromatic nitrogens is 1. The SMILES string of the molecule is Cc1cc(F)cc(-c2ccc(Cl)cc2Cl)n1. The molecule has 0 aliphatic rings. The van der Waals surface area contributed by atoms with Crippen LogP contribution >= 0.6 is 23.2 Å². The smallest absolute Gasteiger partial charge is 0.127 e. The molecule has 2 rings (SSSR count). The van der Waals surface area contributed by atoms with Crippen molar-refractivity contribution in [3.63, 3.8) is 0 Å². The van der Waals surface area contributed by atoms with Gasteiger partial charge in [0.15, 0.2) is 0 Å². The van der Waals surface area contributed by atoms with Crippen LogP contribution in [0.2, 0.25) is 10.0 Å². The lowest BCUT2D eigenvalue weighted by Gasteiger charge is -2.05. The number of aryl methyl sites for hydroxylation is 1. The molecule has 0 radical (unpaired) electrons. The standard InChI is InChI=1S/C12H8Cl2FN/c1-7-4-9(15)6-12(16-7)10-3-2-8(13)5-11(10)14/h2-6H,1H3. The number of benzene rings is 1.